The van der Waals surface area contributed by atoms with Crippen LogP contribution < -0.4 is 10.8 Å². The number of carbonyl (C=O) groups is 1. The zero-order valence-corrected chi connectivity index (χ0v) is 6.91. The molecule has 0 saturated heterocycles. The fraction of sp³-hybridized carbons (Fsp3) is 0.125. The minimum atomic E-state index is -1.29. The Labute approximate surface area is 74.8 Å². The summed E-state index contributed by atoms with van der Waals surface area (Å²) in [5, 5.41) is 10.9. The monoisotopic (exact) mass is 184 g/mol. The lowest BCUT2D eigenvalue weighted by molar-refractivity contribution is -0.307. The van der Waals surface area contributed by atoms with Crippen molar-refractivity contribution >= 4 is 17.6 Å². The van der Waals surface area contributed by atoms with Crippen molar-refractivity contribution in [2.24, 2.45) is 5.73 Å². The van der Waals surface area contributed by atoms with E-state index in [4.69, 9.17) is 17.3 Å². The molecule has 1 atom stereocenters. The molecule has 0 aliphatic rings. The van der Waals surface area contributed by atoms with Crippen molar-refractivity contribution in [1.29, 1.82) is 0 Å². The molecule has 0 aliphatic heterocycles. The molecule has 1 rings (SSSR count). The van der Waals surface area contributed by atoms with E-state index in [-0.39, 0.29) is 0 Å². The predicted molar refractivity (Wildman–Crippen MR) is 43.4 cm³/mol. The van der Waals surface area contributed by atoms with Crippen LogP contribution in [0.5, 0.6) is 0 Å². The Morgan fingerprint density at radius 2 is 1.92 bits per heavy atom. The maximum atomic E-state index is 10.3. The summed E-state index contributed by atoms with van der Waals surface area (Å²) >= 11 is 5.59. The Hall–Kier alpha value is -1.06. The smallest absolute Gasteiger partial charge is 0.0699 e. The number of hydrogen-bond donors (Lipinski definition) is 1. The molecular formula is C8H7ClNO2-. The van der Waals surface area contributed by atoms with Gasteiger partial charge in [0.1, 0.15) is 0 Å². The van der Waals surface area contributed by atoms with E-state index in [1.165, 1.54) is 0 Å². The third kappa shape index (κ3) is 1.96. The number of benzene rings is 1. The van der Waals surface area contributed by atoms with E-state index in [2.05, 4.69) is 0 Å². The number of rotatable bonds is 2. The SMILES string of the molecule is NC(C(=O)[O-])c1ccc(Cl)cc1. The summed E-state index contributed by atoms with van der Waals surface area (Å²) in [7, 11) is 0. The van der Waals surface area contributed by atoms with Gasteiger partial charge in [-0.25, -0.2) is 0 Å². The largest absolute Gasteiger partial charge is 0.548 e. The molecule has 0 amide bonds. The average molecular weight is 185 g/mol. The van der Waals surface area contributed by atoms with Gasteiger partial charge in [0.25, 0.3) is 0 Å². The first-order valence-electron chi connectivity index (χ1n) is 3.33. The van der Waals surface area contributed by atoms with E-state index >= 15 is 0 Å². The van der Waals surface area contributed by atoms with Crippen molar-refractivity contribution in [1.82, 2.24) is 0 Å². The van der Waals surface area contributed by atoms with Crippen LogP contribution in [0, 0.1) is 0 Å². The molecule has 0 spiro atoms. The highest BCUT2D eigenvalue weighted by Crippen LogP contribution is 2.13. The molecule has 12 heavy (non-hydrogen) atoms. The third-order valence-electron chi connectivity index (χ3n) is 1.48. The quantitative estimate of drug-likeness (QED) is 0.709. The van der Waals surface area contributed by atoms with Gasteiger partial charge in [0, 0.05) is 5.02 Å². The van der Waals surface area contributed by atoms with Gasteiger partial charge < -0.3 is 15.6 Å². The maximum absolute atomic E-state index is 10.3. The lowest BCUT2D eigenvalue weighted by Crippen LogP contribution is -2.34. The molecule has 4 heteroatoms. The second-order valence-electron chi connectivity index (χ2n) is 2.35. The normalized spacial score (nSPS) is 12.5. The summed E-state index contributed by atoms with van der Waals surface area (Å²) in [6.07, 6.45) is 0. The molecule has 64 valence electrons. The minimum absolute atomic E-state index is 0.486. The Kier molecular flexibility index (Phi) is 2.68. The van der Waals surface area contributed by atoms with E-state index < -0.39 is 12.0 Å². The minimum Gasteiger partial charge on any atom is -0.548 e. The Morgan fingerprint density at radius 3 is 2.33 bits per heavy atom. The molecule has 0 fully saturated rings. The first kappa shape index (κ1) is 9.03. The summed E-state index contributed by atoms with van der Waals surface area (Å²) in [5.41, 5.74) is 5.77. The molecule has 0 radical (unpaired) electrons. The first-order chi connectivity index (χ1) is 5.61. The van der Waals surface area contributed by atoms with E-state index in [1.54, 1.807) is 24.3 Å². The van der Waals surface area contributed by atoms with Gasteiger partial charge in [-0.05, 0) is 17.7 Å². The van der Waals surface area contributed by atoms with Crippen LogP contribution in [0.2, 0.25) is 5.02 Å². The zero-order chi connectivity index (χ0) is 9.14. The summed E-state index contributed by atoms with van der Waals surface area (Å²) in [6.45, 7) is 0. The number of carbonyl (C=O) groups excluding carboxylic acids is 1. The lowest BCUT2D eigenvalue weighted by Gasteiger charge is -2.12. The van der Waals surface area contributed by atoms with Gasteiger partial charge >= 0.3 is 0 Å². The number of carboxylic acid groups (broad SMARTS) is 1. The van der Waals surface area contributed by atoms with Crippen molar-refractivity contribution in [2.45, 2.75) is 6.04 Å². The summed E-state index contributed by atoms with van der Waals surface area (Å²) < 4.78 is 0. The molecule has 1 unspecified atom stereocenters. The summed E-state index contributed by atoms with van der Waals surface area (Å²) in [4.78, 5) is 10.3. The van der Waals surface area contributed by atoms with Crippen molar-refractivity contribution in [2.75, 3.05) is 0 Å². The highest BCUT2D eigenvalue weighted by molar-refractivity contribution is 6.30. The molecule has 0 heterocycles. The highest BCUT2D eigenvalue weighted by atomic mass is 35.5. The molecule has 0 aromatic heterocycles. The van der Waals surface area contributed by atoms with Gasteiger partial charge in [-0.15, -0.1) is 0 Å². The van der Waals surface area contributed by atoms with Gasteiger partial charge in [-0.2, -0.15) is 0 Å². The third-order valence-corrected chi connectivity index (χ3v) is 1.74. The first-order valence-corrected chi connectivity index (χ1v) is 3.71. The fourth-order valence-corrected chi connectivity index (χ4v) is 0.932. The number of hydrogen-bond acceptors (Lipinski definition) is 3. The van der Waals surface area contributed by atoms with Gasteiger partial charge in [-0.1, -0.05) is 23.7 Å². The van der Waals surface area contributed by atoms with Crippen LogP contribution in [-0.2, 0) is 4.79 Å². The van der Waals surface area contributed by atoms with Crippen LogP contribution >= 0.6 is 11.6 Å². The van der Waals surface area contributed by atoms with Crippen LogP contribution in [0.1, 0.15) is 11.6 Å². The van der Waals surface area contributed by atoms with Gasteiger partial charge in [0.15, 0.2) is 0 Å². The van der Waals surface area contributed by atoms with Crippen molar-refractivity contribution < 1.29 is 9.90 Å². The van der Waals surface area contributed by atoms with Crippen LogP contribution in [-0.4, -0.2) is 5.97 Å². The number of halogens is 1. The van der Waals surface area contributed by atoms with Crippen molar-refractivity contribution in [3.05, 3.63) is 34.9 Å². The molecule has 2 N–H and O–H groups in total. The Morgan fingerprint density at radius 1 is 1.42 bits per heavy atom. The van der Waals surface area contributed by atoms with Crippen LogP contribution in [0.3, 0.4) is 0 Å². The molecule has 1 aromatic rings. The second kappa shape index (κ2) is 3.56. The zero-order valence-electron chi connectivity index (χ0n) is 6.16. The van der Waals surface area contributed by atoms with Crippen LogP contribution in [0.4, 0.5) is 0 Å². The van der Waals surface area contributed by atoms with Crippen molar-refractivity contribution in [3.8, 4) is 0 Å². The Bertz CT molecular complexity index is 284. The predicted octanol–water partition coefficient (Wildman–Crippen LogP) is 0.0897. The molecule has 0 bridgehead atoms. The number of nitrogens with two attached hydrogens (primary N) is 1. The summed E-state index contributed by atoms with van der Waals surface area (Å²) in [6, 6.07) is 5.20. The van der Waals surface area contributed by atoms with Gasteiger partial charge in [-0.3, -0.25) is 0 Å². The number of carboxylic acids is 1. The average Bonchev–Trinajstić information content (AvgIpc) is 2.04. The second-order valence-corrected chi connectivity index (χ2v) is 2.78. The van der Waals surface area contributed by atoms with E-state index in [9.17, 15) is 9.90 Å². The molecule has 3 nitrogen and oxygen atoms in total. The highest BCUT2D eigenvalue weighted by Gasteiger charge is 2.05. The molecule has 0 aliphatic carbocycles. The molecule has 1 aromatic carbocycles. The lowest BCUT2D eigenvalue weighted by atomic mass is 10.1. The fourth-order valence-electron chi connectivity index (χ4n) is 0.806. The van der Waals surface area contributed by atoms with E-state index in [0.29, 0.717) is 10.6 Å². The molecule has 0 saturated carbocycles. The van der Waals surface area contributed by atoms with E-state index in [1.807, 2.05) is 0 Å². The standard InChI is InChI=1S/C8H8ClNO2/c9-6-3-1-5(2-4-6)7(10)8(11)12/h1-4,7H,10H2,(H,11,12)/p-1. The van der Waals surface area contributed by atoms with Crippen LogP contribution in [0.25, 0.3) is 0 Å². The molecular weight excluding hydrogens is 178 g/mol. The number of aliphatic carboxylic acids is 1. The van der Waals surface area contributed by atoms with Gasteiger partial charge in [0.2, 0.25) is 0 Å². The van der Waals surface area contributed by atoms with Crippen LogP contribution in [0.15, 0.2) is 24.3 Å². The van der Waals surface area contributed by atoms with E-state index in [0.717, 1.165) is 0 Å². The summed E-state index contributed by atoms with van der Waals surface area (Å²) in [5.74, 6) is -1.29. The maximum Gasteiger partial charge on any atom is 0.0699 e. The van der Waals surface area contributed by atoms with Gasteiger partial charge in [0.05, 0.1) is 12.0 Å². The topological polar surface area (TPSA) is 66.2 Å². The Balaban J connectivity index is 2.89. The van der Waals surface area contributed by atoms with Crippen molar-refractivity contribution in [3.63, 3.8) is 0 Å².